The van der Waals surface area contributed by atoms with Gasteiger partial charge in [0.1, 0.15) is 11.6 Å². The van der Waals surface area contributed by atoms with E-state index in [1.54, 1.807) is 22.5 Å². The summed E-state index contributed by atoms with van der Waals surface area (Å²) in [6, 6.07) is 12.3. The van der Waals surface area contributed by atoms with E-state index in [4.69, 9.17) is 4.98 Å². The molecule has 0 atom stereocenters. The molecule has 1 aromatic heterocycles. The summed E-state index contributed by atoms with van der Waals surface area (Å²) in [5.74, 6) is 0.753. The van der Waals surface area contributed by atoms with Crippen molar-refractivity contribution in [2.75, 3.05) is 44.2 Å². The van der Waals surface area contributed by atoms with Crippen LogP contribution in [-0.2, 0) is 23.1 Å². The van der Waals surface area contributed by atoms with Gasteiger partial charge in [0.25, 0.3) is 0 Å². The highest BCUT2D eigenvalue weighted by molar-refractivity contribution is 7.89. The summed E-state index contributed by atoms with van der Waals surface area (Å²) in [6.07, 6.45) is 2.92. The molecule has 2 aromatic carbocycles. The first-order valence-electron chi connectivity index (χ1n) is 12.2. The number of rotatable bonds is 6. The van der Waals surface area contributed by atoms with Gasteiger partial charge >= 0.3 is 0 Å². The molecule has 3 aromatic rings. The minimum Gasteiger partial charge on any atom is -0.367 e. The standard InChI is InChI=1S/C25H32FN5O2S/c1-2-31-24-11-10-20(34(32,33)30-12-6-3-7-13-30)18-22(24)27-25(31)19-28-14-16-29(17-15-28)23-9-5-4-8-21(23)26/h4-5,8-11,18H,2-3,6-7,12-17,19H2,1H3. The number of piperidine rings is 1. The highest BCUT2D eigenvalue weighted by atomic mass is 32.2. The van der Waals surface area contributed by atoms with Crippen LogP contribution < -0.4 is 4.90 Å². The van der Waals surface area contributed by atoms with Crippen molar-refractivity contribution < 1.29 is 12.8 Å². The third kappa shape index (κ3) is 4.44. The van der Waals surface area contributed by atoms with Crippen LogP contribution >= 0.6 is 0 Å². The van der Waals surface area contributed by atoms with E-state index in [2.05, 4.69) is 21.3 Å². The Balaban J connectivity index is 1.33. The number of hydrogen-bond donors (Lipinski definition) is 0. The number of fused-ring (bicyclic) bond motifs is 1. The number of para-hydroxylation sites is 1. The molecule has 0 spiro atoms. The first-order chi connectivity index (χ1) is 16.5. The van der Waals surface area contributed by atoms with Gasteiger partial charge in [0, 0.05) is 45.8 Å². The molecule has 9 heteroatoms. The molecule has 0 saturated carbocycles. The zero-order chi connectivity index (χ0) is 23.7. The topological polar surface area (TPSA) is 61.7 Å². The van der Waals surface area contributed by atoms with Crippen molar-refractivity contribution in [2.45, 2.75) is 44.2 Å². The second kappa shape index (κ2) is 9.64. The van der Waals surface area contributed by atoms with Crippen LogP contribution in [0.3, 0.4) is 0 Å². The molecule has 0 amide bonds. The van der Waals surface area contributed by atoms with Gasteiger partial charge in [0.15, 0.2) is 0 Å². The summed E-state index contributed by atoms with van der Waals surface area (Å²) in [6.45, 7) is 7.85. The second-order valence-electron chi connectivity index (χ2n) is 9.10. The van der Waals surface area contributed by atoms with E-state index >= 15 is 0 Å². The number of imidazole rings is 1. The molecule has 182 valence electrons. The molecule has 2 fully saturated rings. The summed E-state index contributed by atoms with van der Waals surface area (Å²) in [5, 5.41) is 0. The van der Waals surface area contributed by atoms with Crippen molar-refractivity contribution in [3.8, 4) is 0 Å². The Morgan fingerprint density at radius 1 is 0.941 bits per heavy atom. The number of sulfonamides is 1. The maximum Gasteiger partial charge on any atom is 0.243 e. The lowest BCUT2D eigenvalue weighted by atomic mass is 10.2. The molecular formula is C25H32FN5O2S. The van der Waals surface area contributed by atoms with E-state index in [-0.39, 0.29) is 5.82 Å². The van der Waals surface area contributed by atoms with Gasteiger partial charge < -0.3 is 9.47 Å². The minimum absolute atomic E-state index is 0.181. The van der Waals surface area contributed by atoms with Crippen LogP contribution in [0.2, 0.25) is 0 Å². The van der Waals surface area contributed by atoms with Crippen LogP contribution in [0, 0.1) is 5.82 Å². The van der Waals surface area contributed by atoms with Gasteiger partial charge in [-0.15, -0.1) is 0 Å². The molecule has 0 radical (unpaired) electrons. The zero-order valence-electron chi connectivity index (χ0n) is 19.7. The fourth-order valence-corrected chi connectivity index (χ4v) is 6.64. The van der Waals surface area contributed by atoms with Crippen LogP contribution in [0.15, 0.2) is 47.4 Å². The van der Waals surface area contributed by atoms with E-state index in [0.29, 0.717) is 30.2 Å². The Bertz CT molecular complexity index is 1260. The quantitative estimate of drug-likeness (QED) is 0.533. The van der Waals surface area contributed by atoms with Gasteiger partial charge in [-0.3, -0.25) is 4.90 Å². The highest BCUT2D eigenvalue weighted by Crippen LogP contribution is 2.26. The highest BCUT2D eigenvalue weighted by Gasteiger charge is 2.27. The van der Waals surface area contributed by atoms with Gasteiger partial charge in [-0.05, 0) is 50.1 Å². The Hall–Kier alpha value is -2.49. The average molecular weight is 486 g/mol. The molecule has 0 unspecified atom stereocenters. The van der Waals surface area contributed by atoms with Crippen LogP contribution in [0.25, 0.3) is 11.0 Å². The third-order valence-electron chi connectivity index (χ3n) is 7.00. The Morgan fingerprint density at radius 3 is 2.38 bits per heavy atom. The van der Waals surface area contributed by atoms with Crippen molar-refractivity contribution >= 4 is 26.7 Å². The summed E-state index contributed by atoms with van der Waals surface area (Å²) in [4.78, 5) is 9.60. The third-order valence-corrected chi connectivity index (χ3v) is 8.89. The van der Waals surface area contributed by atoms with Crippen molar-refractivity contribution in [3.63, 3.8) is 0 Å². The van der Waals surface area contributed by atoms with Crippen molar-refractivity contribution in [2.24, 2.45) is 0 Å². The molecule has 2 aliphatic rings. The van der Waals surface area contributed by atoms with Crippen LogP contribution in [-0.4, -0.2) is 66.4 Å². The van der Waals surface area contributed by atoms with Gasteiger partial charge in [0.2, 0.25) is 10.0 Å². The number of hydrogen-bond acceptors (Lipinski definition) is 5. The van der Waals surface area contributed by atoms with E-state index < -0.39 is 10.0 Å². The SMILES string of the molecule is CCn1c(CN2CCN(c3ccccc3F)CC2)nc2cc(S(=O)(=O)N3CCCCC3)ccc21. The predicted octanol–water partition coefficient (Wildman–Crippen LogP) is 3.69. The lowest BCUT2D eigenvalue weighted by molar-refractivity contribution is 0.241. The predicted molar refractivity (Wildman–Crippen MR) is 132 cm³/mol. The molecule has 5 rings (SSSR count). The first kappa shape index (κ1) is 23.3. The summed E-state index contributed by atoms with van der Waals surface area (Å²) < 4.78 is 44.2. The van der Waals surface area contributed by atoms with Crippen LogP contribution in [0.5, 0.6) is 0 Å². The molecule has 0 bridgehead atoms. The number of piperazine rings is 1. The number of halogens is 1. The van der Waals surface area contributed by atoms with Crippen LogP contribution in [0.1, 0.15) is 32.0 Å². The fraction of sp³-hybridized carbons (Fsp3) is 0.480. The molecule has 0 N–H and O–H groups in total. The van der Waals surface area contributed by atoms with E-state index in [1.807, 2.05) is 18.2 Å². The lowest BCUT2D eigenvalue weighted by Crippen LogP contribution is -2.46. The van der Waals surface area contributed by atoms with Gasteiger partial charge in [-0.25, -0.2) is 17.8 Å². The van der Waals surface area contributed by atoms with Crippen molar-refractivity contribution in [3.05, 3.63) is 54.1 Å². The monoisotopic (exact) mass is 485 g/mol. The van der Waals surface area contributed by atoms with E-state index in [0.717, 1.165) is 68.8 Å². The maximum atomic E-state index is 14.2. The summed E-state index contributed by atoms with van der Waals surface area (Å²) in [7, 11) is -3.49. The maximum absolute atomic E-state index is 14.2. The molecule has 34 heavy (non-hydrogen) atoms. The van der Waals surface area contributed by atoms with Gasteiger partial charge in [0.05, 0.1) is 28.2 Å². The molecule has 2 saturated heterocycles. The molecular weight excluding hydrogens is 453 g/mol. The largest absolute Gasteiger partial charge is 0.367 e. The first-order valence-corrected chi connectivity index (χ1v) is 13.6. The molecule has 2 aliphatic heterocycles. The van der Waals surface area contributed by atoms with E-state index in [9.17, 15) is 12.8 Å². The average Bonchev–Trinajstić information content (AvgIpc) is 3.21. The zero-order valence-corrected chi connectivity index (χ0v) is 20.5. The fourth-order valence-electron chi connectivity index (χ4n) is 5.10. The van der Waals surface area contributed by atoms with Gasteiger partial charge in [-0.1, -0.05) is 18.6 Å². The number of nitrogens with zero attached hydrogens (tertiary/aromatic N) is 5. The number of benzene rings is 2. The normalized spacial score (nSPS) is 18.6. The van der Waals surface area contributed by atoms with Crippen LogP contribution in [0.4, 0.5) is 10.1 Å². The molecule has 7 nitrogen and oxygen atoms in total. The number of aromatic nitrogens is 2. The minimum atomic E-state index is -3.49. The van der Waals surface area contributed by atoms with Crippen molar-refractivity contribution in [1.82, 2.24) is 18.8 Å². The second-order valence-corrected chi connectivity index (χ2v) is 11.0. The summed E-state index contributed by atoms with van der Waals surface area (Å²) >= 11 is 0. The molecule has 3 heterocycles. The Labute approximate surface area is 200 Å². The lowest BCUT2D eigenvalue weighted by Gasteiger charge is -2.36. The van der Waals surface area contributed by atoms with E-state index in [1.165, 1.54) is 6.07 Å². The van der Waals surface area contributed by atoms with Crippen molar-refractivity contribution in [1.29, 1.82) is 0 Å². The Kier molecular flexibility index (Phi) is 6.59. The summed E-state index contributed by atoms with van der Waals surface area (Å²) in [5.41, 5.74) is 2.34. The Morgan fingerprint density at radius 2 is 1.68 bits per heavy atom. The smallest absolute Gasteiger partial charge is 0.243 e. The molecule has 0 aliphatic carbocycles. The number of aryl methyl sites for hydroxylation is 1. The number of anilines is 1. The van der Waals surface area contributed by atoms with Gasteiger partial charge in [-0.2, -0.15) is 4.31 Å².